The lowest BCUT2D eigenvalue weighted by atomic mass is 10.1. The summed E-state index contributed by atoms with van der Waals surface area (Å²) >= 11 is 0. The van der Waals surface area contributed by atoms with E-state index in [1.165, 1.54) is 7.11 Å². The van der Waals surface area contributed by atoms with Crippen molar-refractivity contribution >= 4 is 16.9 Å². The molecule has 1 aromatic heterocycles. The highest BCUT2D eigenvalue weighted by Crippen LogP contribution is 2.18. The Bertz CT molecular complexity index is 485. The van der Waals surface area contributed by atoms with Gasteiger partial charge in [-0.2, -0.15) is 0 Å². The van der Waals surface area contributed by atoms with Crippen LogP contribution in [0.5, 0.6) is 0 Å². The van der Waals surface area contributed by atoms with Crippen molar-refractivity contribution in [3.8, 4) is 0 Å². The minimum atomic E-state index is -0.293. The van der Waals surface area contributed by atoms with Crippen molar-refractivity contribution in [2.45, 2.75) is 6.92 Å². The van der Waals surface area contributed by atoms with Gasteiger partial charge in [0.05, 0.1) is 12.7 Å². The van der Waals surface area contributed by atoms with Crippen LogP contribution in [0.15, 0.2) is 24.4 Å². The Labute approximate surface area is 81.7 Å². The molecular formula is C11H11NO2. The quantitative estimate of drug-likeness (QED) is 0.699. The van der Waals surface area contributed by atoms with Crippen LogP contribution in [-0.4, -0.2) is 18.1 Å². The fourth-order valence-corrected chi connectivity index (χ4v) is 1.54. The summed E-state index contributed by atoms with van der Waals surface area (Å²) in [7, 11) is 1.39. The molecule has 0 saturated carbocycles. The summed E-state index contributed by atoms with van der Waals surface area (Å²) in [6.07, 6.45) is 1.85. The number of hydrogen-bond acceptors (Lipinski definition) is 2. The number of methoxy groups -OCH3 is 1. The van der Waals surface area contributed by atoms with Gasteiger partial charge in [-0.25, -0.2) is 4.79 Å². The number of benzene rings is 1. The van der Waals surface area contributed by atoms with E-state index < -0.39 is 0 Å². The lowest BCUT2D eigenvalue weighted by Crippen LogP contribution is -2.03. The van der Waals surface area contributed by atoms with E-state index in [0.29, 0.717) is 5.56 Å². The molecule has 72 valence electrons. The highest BCUT2D eigenvalue weighted by molar-refractivity contribution is 5.96. The van der Waals surface area contributed by atoms with Gasteiger partial charge in [0.25, 0.3) is 0 Å². The van der Waals surface area contributed by atoms with Crippen molar-refractivity contribution < 1.29 is 9.53 Å². The molecule has 1 heterocycles. The van der Waals surface area contributed by atoms with Crippen molar-refractivity contribution in [2.75, 3.05) is 7.11 Å². The highest BCUT2D eigenvalue weighted by Gasteiger charge is 2.10. The standard InChI is InChI=1S/C11H11NO2/c1-7-5-8-3-4-12-10(8)6-9(7)11(13)14-2/h3-6,12H,1-2H3. The lowest BCUT2D eigenvalue weighted by molar-refractivity contribution is 0.0600. The Morgan fingerprint density at radius 1 is 1.43 bits per heavy atom. The van der Waals surface area contributed by atoms with Crippen molar-refractivity contribution in [1.82, 2.24) is 4.98 Å². The molecule has 3 heteroatoms. The van der Waals surface area contributed by atoms with E-state index in [2.05, 4.69) is 9.72 Å². The van der Waals surface area contributed by atoms with Crippen LogP contribution < -0.4 is 0 Å². The average Bonchev–Trinajstić information content (AvgIpc) is 2.62. The normalized spacial score (nSPS) is 10.4. The zero-order chi connectivity index (χ0) is 10.1. The van der Waals surface area contributed by atoms with E-state index in [1.54, 1.807) is 0 Å². The number of aromatic nitrogens is 1. The van der Waals surface area contributed by atoms with Crippen LogP contribution in [0.4, 0.5) is 0 Å². The molecule has 0 radical (unpaired) electrons. The van der Waals surface area contributed by atoms with E-state index in [0.717, 1.165) is 16.5 Å². The molecular weight excluding hydrogens is 178 g/mol. The molecule has 0 atom stereocenters. The van der Waals surface area contributed by atoms with E-state index in [-0.39, 0.29) is 5.97 Å². The molecule has 0 spiro atoms. The summed E-state index contributed by atoms with van der Waals surface area (Å²) in [5, 5.41) is 1.11. The van der Waals surface area contributed by atoms with Gasteiger partial charge in [0.1, 0.15) is 0 Å². The molecule has 0 aliphatic carbocycles. The molecule has 1 aromatic carbocycles. The molecule has 14 heavy (non-hydrogen) atoms. The maximum atomic E-state index is 11.4. The molecule has 3 nitrogen and oxygen atoms in total. The van der Waals surface area contributed by atoms with Gasteiger partial charge in [-0.05, 0) is 36.1 Å². The first kappa shape index (κ1) is 8.81. The zero-order valence-electron chi connectivity index (χ0n) is 8.13. The monoisotopic (exact) mass is 189 g/mol. The second-order valence-corrected chi connectivity index (χ2v) is 3.22. The smallest absolute Gasteiger partial charge is 0.338 e. The van der Waals surface area contributed by atoms with E-state index in [9.17, 15) is 4.79 Å². The Kier molecular flexibility index (Phi) is 2.00. The molecule has 0 unspecified atom stereocenters. The van der Waals surface area contributed by atoms with E-state index >= 15 is 0 Å². The Morgan fingerprint density at radius 2 is 2.21 bits per heavy atom. The predicted octanol–water partition coefficient (Wildman–Crippen LogP) is 2.26. The number of esters is 1. The van der Waals surface area contributed by atoms with Gasteiger partial charge >= 0.3 is 5.97 Å². The first-order valence-electron chi connectivity index (χ1n) is 4.38. The number of nitrogens with one attached hydrogen (secondary N) is 1. The van der Waals surface area contributed by atoms with Crippen LogP contribution in [0, 0.1) is 6.92 Å². The van der Waals surface area contributed by atoms with Gasteiger partial charge in [0, 0.05) is 11.7 Å². The summed E-state index contributed by atoms with van der Waals surface area (Å²) in [6.45, 7) is 1.90. The largest absolute Gasteiger partial charge is 0.465 e. The van der Waals surface area contributed by atoms with Crippen molar-refractivity contribution in [2.24, 2.45) is 0 Å². The number of carbonyl (C=O) groups is 1. The third-order valence-electron chi connectivity index (χ3n) is 2.30. The first-order valence-corrected chi connectivity index (χ1v) is 4.38. The van der Waals surface area contributed by atoms with E-state index in [4.69, 9.17) is 0 Å². The third kappa shape index (κ3) is 1.27. The number of aromatic amines is 1. The fourth-order valence-electron chi connectivity index (χ4n) is 1.54. The molecule has 0 fully saturated rings. The van der Waals surface area contributed by atoms with Crippen LogP contribution >= 0.6 is 0 Å². The summed E-state index contributed by atoms with van der Waals surface area (Å²) < 4.78 is 4.69. The lowest BCUT2D eigenvalue weighted by Gasteiger charge is -2.03. The maximum Gasteiger partial charge on any atom is 0.338 e. The summed E-state index contributed by atoms with van der Waals surface area (Å²) in [5.74, 6) is -0.293. The van der Waals surface area contributed by atoms with Crippen molar-refractivity contribution in [1.29, 1.82) is 0 Å². The van der Waals surface area contributed by atoms with Gasteiger partial charge < -0.3 is 9.72 Å². The Morgan fingerprint density at radius 3 is 2.93 bits per heavy atom. The SMILES string of the molecule is COC(=O)c1cc2[nH]ccc2cc1C. The van der Waals surface area contributed by atoms with Crippen LogP contribution in [0.25, 0.3) is 10.9 Å². The number of ether oxygens (including phenoxy) is 1. The molecule has 2 aromatic rings. The van der Waals surface area contributed by atoms with Gasteiger partial charge in [0.2, 0.25) is 0 Å². The van der Waals surface area contributed by atoms with Crippen LogP contribution in [0.1, 0.15) is 15.9 Å². The minimum absolute atomic E-state index is 0.293. The predicted molar refractivity (Wildman–Crippen MR) is 54.4 cm³/mol. The zero-order valence-corrected chi connectivity index (χ0v) is 8.13. The summed E-state index contributed by atoms with van der Waals surface area (Å²) in [4.78, 5) is 14.4. The number of H-pyrrole nitrogens is 1. The maximum absolute atomic E-state index is 11.4. The molecule has 0 bridgehead atoms. The van der Waals surface area contributed by atoms with Gasteiger partial charge in [-0.1, -0.05) is 0 Å². The second-order valence-electron chi connectivity index (χ2n) is 3.22. The van der Waals surface area contributed by atoms with Crippen LogP contribution in [-0.2, 0) is 4.74 Å². The number of rotatable bonds is 1. The second kappa shape index (κ2) is 3.18. The van der Waals surface area contributed by atoms with E-state index in [1.807, 2.05) is 31.3 Å². The topological polar surface area (TPSA) is 42.1 Å². The Balaban J connectivity index is 2.64. The molecule has 2 rings (SSSR count). The molecule has 0 saturated heterocycles. The first-order chi connectivity index (χ1) is 6.72. The molecule has 0 amide bonds. The van der Waals surface area contributed by atoms with Gasteiger partial charge in [-0.3, -0.25) is 0 Å². The van der Waals surface area contributed by atoms with Gasteiger partial charge in [0.15, 0.2) is 0 Å². The highest BCUT2D eigenvalue weighted by atomic mass is 16.5. The van der Waals surface area contributed by atoms with Crippen LogP contribution in [0.2, 0.25) is 0 Å². The van der Waals surface area contributed by atoms with Crippen molar-refractivity contribution in [3.63, 3.8) is 0 Å². The number of fused-ring (bicyclic) bond motifs is 1. The molecule has 0 aliphatic rings. The molecule has 1 N–H and O–H groups in total. The fraction of sp³-hybridized carbons (Fsp3) is 0.182. The van der Waals surface area contributed by atoms with Crippen molar-refractivity contribution in [3.05, 3.63) is 35.5 Å². The van der Waals surface area contributed by atoms with Gasteiger partial charge in [-0.15, -0.1) is 0 Å². The molecule has 0 aliphatic heterocycles. The number of aryl methyl sites for hydroxylation is 1. The minimum Gasteiger partial charge on any atom is -0.465 e. The summed E-state index contributed by atoms with van der Waals surface area (Å²) in [6, 6.07) is 5.76. The average molecular weight is 189 g/mol. The third-order valence-corrected chi connectivity index (χ3v) is 2.30. The van der Waals surface area contributed by atoms with Crippen LogP contribution in [0.3, 0.4) is 0 Å². The number of hydrogen-bond donors (Lipinski definition) is 1. The number of carbonyl (C=O) groups excluding carboxylic acids is 1. The Hall–Kier alpha value is -1.77. The summed E-state index contributed by atoms with van der Waals surface area (Å²) in [5.41, 5.74) is 2.50.